The Kier molecular flexibility index (Phi) is 5.91. The summed E-state index contributed by atoms with van der Waals surface area (Å²) >= 11 is 0. The minimum Gasteiger partial charge on any atom is -0.481 e. The molecule has 0 heterocycles. The third-order valence-electron chi connectivity index (χ3n) is 13.7. The molecule has 0 aromatic carbocycles. The number of allylic oxidation sites excluding steroid dienone is 2. The molecule has 0 aromatic heterocycles. The Hall–Kier alpha value is -1.32. The summed E-state index contributed by atoms with van der Waals surface area (Å²) in [5.74, 6) is 1.53. The van der Waals surface area contributed by atoms with Crippen LogP contribution in [0.2, 0.25) is 0 Å². The Balaban J connectivity index is 1.56. The van der Waals surface area contributed by atoms with Gasteiger partial charge in [-0.15, -0.1) is 0 Å². The lowest BCUT2D eigenvalue weighted by molar-refractivity contribution is -0.214. The zero-order valence-corrected chi connectivity index (χ0v) is 24.1. The molecule has 4 nitrogen and oxygen atoms in total. The molecule has 0 radical (unpaired) electrons. The molecule has 5 aliphatic rings. The van der Waals surface area contributed by atoms with E-state index in [1.54, 1.807) is 6.92 Å². The summed E-state index contributed by atoms with van der Waals surface area (Å²) in [6.07, 6.45) is 11.7. The largest absolute Gasteiger partial charge is 0.481 e. The summed E-state index contributed by atoms with van der Waals surface area (Å²) in [6.45, 7) is 18.5. The number of rotatable bonds is 2. The minimum absolute atomic E-state index is 0.00171. The monoisotopic (exact) mass is 498 g/mol. The molecule has 36 heavy (non-hydrogen) atoms. The van der Waals surface area contributed by atoms with Gasteiger partial charge in [-0.3, -0.25) is 9.59 Å². The van der Waals surface area contributed by atoms with Crippen molar-refractivity contribution in [3.63, 3.8) is 0 Å². The van der Waals surface area contributed by atoms with E-state index in [2.05, 4.69) is 54.5 Å². The second-order valence-corrected chi connectivity index (χ2v) is 15.1. The van der Waals surface area contributed by atoms with Gasteiger partial charge < -0.3 is 9.84 Å². The van der Waals surface area contributed by atoms with Crippen molar-refractivity contribution in [2.75, 3.05) is 0 Å². The zero-order chi connectivity index (χ0) is 26.5. The van der Waals surface area contributed by atoms with Gasteiger partial charge in [-0.05, 0) is 104 Å². The molecule has 202 valence electrons. The van der Waals surface area contributed by atoms with Crippen molar-refractivity contribution in [2.24, 2.45) is 56.7 Å². The average molecular weight is 499 g/mol. The molecule has 0 saturated heterocycles. The van der Waals surface area contributed by atoms with E-state index in [1.165, 1.54) is 12.0 Å². The first-order chi connectivity index (χ1) is 16.6. The average Bonchev–Trinajstić information content (AvgIpc) is 2.78. The number of esters is 1. The van der Waals surface area contributed by atoms with Crippen LogP contribution in [0.5, 0.6) is 0 Å². The highest BCUT2D eigenvalue weighted by Crippen LogP contribution is 2.75. The van der Waals surface area contributed by atoms with Crippen LogP contribution in [0.3, 0.4) is 0 Å². The number of carboxylic acid groups (broad SMARTS) is 1. The van der Waals surface area contributed by atoms with Gasteiger partial charge in [-0.2, -0.15) is 0 Å². The number of carbonyl (C=O) groups is 2. The van der Waals surface area contributed by atoms with Crippen molar-refractivity contribution >= 4 is 11.9 Å². The quantitative estimate of drug-likeness (QED) is 0.313. The van der Waals surface area contributed by atoms with Crippen LogP contribution in [-0.4, -0.2) is 23.1 Å². The number of hydrogen-bond donors (Lipinski definition) is 1. The molecule has 1 N–H and O–H groups in total. The van der Waals surface area contributed by atoms with Crippen LogP contribution in [-0.2, 0) is 14.3 Å². The van der Waals surface area contributed by atoms with Crippen LogP contribution in [0.1, 0.15) is 113 Å². The second kappa shape index (κ2) is 8.09. The van der Waals surface area contributed by atoms with Crippen LogP contribution in [0.15, 0.2) is 11.6 Å². The molecule has 4 heteroatoms. The van der Waals surface area contributed by atoms with Crippen molar-refractivity contribution in [3.8, 4) is 0 Å². The molecule has 10 atom stereocenters. The van der Waals surface area contributed by atoms with E-state index in [0.29, 0.717) is 23.7 Å². The molecule has 5 rings (SSSR count). The molecule has 4 saturated carbocycles. The normalized spacial score (nSPS) is 51.5. The van der Waals surface area contributed by atoms with Gasteiger partial charge in [-0.1, -0.05) is 60.1 Å². The number of hydrogen-bond acceptors (Lipinski definition) is 3. The molecule has 4 fully saturated rings. The van der Waals surface area contributed by atoms with Crippen molar-refractivity contribution in [3.05, 3.63) is 11.6 Å². The highest BCUT2D eigenvalue weighted by atomic mass is 16.5. The Morgan fingerprint density at radius 3 is 2.25 bits per heavy atom. The Labute approximate surface area is 219 Å². The van der Waals surface area contributed by atoms with E-state index in [1.807, 2.05) is 0 Å². The first kappa shape index (κ1) is 26.3. The van der Waals surface area contributed by atoms with Gasteiger partial charge in [0.1, 0.15) is 6.10 Å². The van der Waals surface area contributed by atoms with Gasteiger partial charge in [0.25, 0.3) is 0 Å². The van der Waals surface area contributed by atoms with Gasteiger partial charge >= 0.3 is 11.9 Å². The second-order valence-electron chi connectivity index (χ2n) is 15.1. The highest BCUT2D eigenvalue weighted by Gasteiger charge is 2.69. The highest BCUT2D eigenvalue weighted by molar-refractivity contribution is 5.76. The molecule has 0 aromatic rings. The number of ether oxygens (including phenoxy) is 1. The fourth-order valence-corrected chi connectivity index (χ4v) is 11.2. The third-order valence-corrected chi connectivity index (χ3v) is 13.7. The lowest BCUT2D eigenvalue weighted by Crippen LogP contribution is -2.65. The first-order valence-electron chi connectivity index (χ1n) is 14.8. The number of aliphatic carboxylic acids is 1. The van der Waals surface area contributed by atoms with E-state index in [-0.39, 0.29) is 39.7 Å². The number of fused-ring (bicyclic) bond motifs is 7. The van der Waals surface area contributed by atoms with Crippen LogP contribution < -0.4 is 0 Å². The molecule has 0 amide bonds. The first-order valence-corrected chi connectivity index (χ1v) is 14.8. The standard InChI is InChI=1S/C32H50O4/c1-19-11-16-32(27(34)35)18-17-30(7)22(26(32)20(19)2)9-10-24-29(6)14-13-25(36-21(3)33)28(4,5)23(29)12-15-31(24,30)8/h9,19-20,23-26H,10-18H2,1-8H3,(H,34,35)/t19-,20?,23?,24?,25?,26?,29+,30-,31-,32+/m1/s1. The summed E-state index contributed by atoms with van der Waals surface area (Å²) in [7, 11) is 0. The maximum atomic E-state index is 12.9. The predicted molar refractivity (Wildman–Crippen MR) is 142 cm³/mol. The summed E-state index contributed by atoms with van der Waals surface area (Å²) in [4.78, 5) is 24.7. The number of carboxylic acids is 1. The van der Waals surface area contributed by atoms with Gasteiger partial charge in [0, 0.05) is 12.3 Å². The van der Waals surface area contributed by atoms with E-state index in [0.717, 1.165) is 51.4 Å². The van der Waals surface area contributed by atoms with Crippen LogP contribution in [0.25, 0.3) is 0 Å². The SMILES string of the molecule is CC(=O)OC1CC[C@@]2(C)C(CC[C@]3(C)C2CC=C2C4C(C)[C@H](C)CC[C@]4(C(=O)O)CC[C@]23C)C1(C)C. The molecule has 0 aliphatic heterocycles. The topological polar surface area (TPSA) is 63.6 Å². The van der Waals surface area contributed by atoms with E-state index >= 15 is 0 Å². The lowest BCUT2D eigenvalue weighted by atomic mass is 9.33. The van der Waals surface area contributed by atoms with Gasteiger partial charge in [-0.25, -0.2) is 0 Å². The van der Waals surface area contributed by atoms with E-state index < -0.39 is 11.4 Å². The fourth-order valence-electron chi connectivity index (χ4n) is 11.2. The van der Waals surface area contributed by atoms with Crippen molar-refractivity contribution in [2.45, 2.75) is 119 Å². The maximum absolute atomic E-state index is 12.9. The molecule has 0 spiro atoms. The summed E-state index contributed by atoms with van der Waals surface area (Å²) in [6, 6.07) is 0. The predicted octanol–water partition coefficient (Wildman–Crippen LogP) is 7.66. The Morgan fingerprint density at radius 2 is 1.61 bits per heavy atom. The third kappa shape index (κ3) is 3.17. The van der Waals surface area contributed by atoms with E-state index in [9.17, 15) is 14.7 Å². The van der Waals surface area contributed by atoms with Crippen LogP contribution in [0, 0.1) is 56.7 Å². The summed E-state index contributed by atoms with van der Waals surface area (Å²) in [5.41, 5.74) is 1.30. The summed E-state index contributed by atoms with van der Waals surface area (Å²) < 4.78 is 5.88. The van der Waals surface area contributed by atoms with Crippen LogP contribution >= 0.6 is 0 Å². The Bertz CT molecular complexity index is 981. The molecular weight excluding hydrogens is 448 g/mol. The van der Waals surface area contributed by atoms with Crippen molar-refractivity contribution in [1.82, 2.24) is 0 Å². The summed E-state index contributed by atoms with van der Waals surface area (Å²) in [5, 5.41) is 10.6. The number of carbonyl (C=O) groups excluding carboxylic acids is 1. The van der Waals surface area contributed by atoms with Gasteiger partial charge in [0.2, 0.25) is 0 Å². The van der Waals surface area contributed by atoms with Crippen molar-refractivity contribution in [1.29, 1.82) is 0 Å². The van der Waals surface area contributed by atoms with Crippen LogP contribution in [0.4, 0.5) is 0 Å². The van der Waals surface area contributed by atoms with Crippen molar-refractivity contribution < 1.29 is 19.4 Å². The Morgan fingerprint density at radius 1 is 0.917 bits per heavy atom. The molecule has 5 unspecified atom stereocenters. The zero-order valence-electron chi connectivity index (χ0n) is 24.1. The van der Waals surface area contributed by atoms with Gasteiger partial charge in [0.05, 0.1) is 5.41 Å². The van der Waals surface area contributed by atoms with Gasteiger partial charge in [0.15, 0.2) is 0 Å². The van der Waals surface area contributed by atoms with E-state index in [4.69, 9.17) is 4.74 Å². The molecule has 0 bridgehead atoms. The molecule has 5 aliphatic carbocycles. The molecular formula is C32H50O4. The lowest BCUT2D eigenvalue weighted by Gasteiger charge is -2.71. The minimum atomic E-state index is -0.578. The smallest absolute Gasteiger partial charge is 0.310 e. The maximum Gasteiger partial charge on any atom is 0.310 e. The fraction of sp³-hybridized carbons (Fsp3) is 0.875.